The largest absolute Gasteiger partial charge is 0.497 e. The van der Waals surface area contributed by atoms with Crippen molar-refractivity contribution in [1.29, 1.82) is 0 Å². The van der Waals surface area contributed by atoms with Crippen LogP contribution in [0.15, 0.2) is 84.9 Å². The third-order valence-electron chi connectivity index (χ3n) is 7.03. The first-order valence-corrected chi connectivity index (χ1v) is 11.4. The highest BCUT2D eigenvalue weighted by Crippen LogP contribution is 2.43. The Hall–Kier alpha value is -2.62. The molecule has 3 saturated heterocycles. The Morgan fingerprint density at radius 3 is 2.10 bits per heavy atom. The lowest BCUT2D eigenvalue weighted by Gasteiger charge is -2.53. The first kappa shape index (κ1) is 20.3. The normalized spacial score (nSPS) is 25.0. The summed E-state index contributed by atoms with van der Waals surface area (Å²) in [6.07, 6.45) is 2.68. The number of piperidine rings is 3. The molecule has 0 saturated carbocycles. The number of nitrogens with zero attached hydrogens (tertiary/aromatic N) is 1. The van der Waals surface area contributed by atoms with E-state index in [0.717, 1.165) is 5.75 Å². The predicted molar refractivity (Wildman–Crippen MR) is 124 cm³/mol. The van der Waals surface area contributed by atoms with Gasteiger partial charge in [-0.15, -0.1) is 0 Å². The van der Waals surface area contributed by atoms with Crippen molar-refractivity contribution in [3.05, 3.63) is 102 Å². The molecule has 2 atom stereocenters. The summed E-state index contributed by atoms with van der Waals surface area (Å²) < 4.78 is 12.1. The van der Waals surface area contributed by atoms with E-state index in [1.807, 2.05) is 12.1 Å². The second-order valence-electron chi connectivity index (χ2n) is 8.79. The van der Waals surface area contributed by atoms with Crippen LogP contribution in [0.25, 0.3) is 0 Å². The number of fused-ring (bicyclic) bond motifs is 3. The average molecular weight is 414 g/mol. The van der Waals surface area contributed by atoms with Crippen LogP contribution in [0.5, 0.6) is 5.75 Å². The van der Waals surface area contributed by atoms with Crippen molar-refractivity contribution in [1.82, 2.24) is 4.90 Å². The van der Waals surface area contributed by atoms with Gasteiger partial charge in [0.1, 0.15) is 5.75 Å². The molecule has 0 aliphatic carbocycles. The molecule has 6 rings (SSSR count). The highest BCUT2D eigenvalue weighted by molar-refractivity contribution is 5.36. The van der Waals surface area contributed by atoms with E-state index in [2.05, 4.69) is 77.7 Å². The number of rotatable bonds is 7. The lowest BCUT2D eigenvalue weighted by molar-refractivity contribution is -0.120. The van der Waals surface area contributed by atoms with Gasteiger partial charge in [0.15, 0.2) is 0 Å². The van der Waals surface area contributed by atoms with E-state index < -0.39 is 0 Å². The van der Waals surface area contributed by atoms with Crippen LogP contribution in [-0.4, -0.2) is 37.2 Å². The van der Waals surface area contributed by atoms with Gasteiger partial charge in [-0.05, 0) is 60.7 Å². The van der Waals surface area contributed by atoms with Gasteiger partial charge in [-0.25, -0.2) is 0 Å². The Bertz CT molecular complexity index is 927. The lowest BCUT2D eigenvalue weighted by atomic mass is 9.72. The first-order valence-electron chi connectivity index (χ1n) is 11.4. The predicted octanol–water partition coefficient (Wildman–Crippen LogP) is 5.51. The molecule has 3 aromatic carbocycles. The molecule has 0 amide bonds. The number of methoxy groups -OCH3 is 1. The van der Waals surface area contributed by atoms with Crippen LogP contribution in [0, 0.1) is 5.92 Å². The first-order chi connectivity index (χ1) is 15.3. The summed E-state index contributed by atoms with van der Waals surface area (Å²) in [7, 11) is 1.72. The molecule has 0 N–H and O–H groups in total. The molecular formula is C28H31NO2. The third-order valence-corrected chi connectivity index (χ3v) is 7.03. The Labute approximate surface area is 185 Å². The molecule has 3 fully saturated rings. The van der Waals surface area contributed by atoms with Crippen LogP contribution in [0.3, 0.4) is 0 Å². The molecule has 0 unspecified atom stereocenters. The van der Waals surface area contributed by atoms with Gasteiger partial charge >= 0.3 is 0 Å². The molecule has 3 aliphatic heterocycles. The van der Waals surface area contributed by atoms with Gasteiger partial charge in [0.25, 0.3) is 0 Å². The van der Waals surface area contributed by atoms with Crippen LogP contribution in [0.1, 0.15) is 35.4 Å². The van der Waals surface area contributed by atoms with E-state index in [4.69, 9.17) is 9.47 Å². The molecule has 0 spiro atoms. The topological polar surface area (TPSA) is 21.7 Å². The quantitative estimate of drug-likeness (QED) is 0.510. The molecule has 3 heterocycles. The minimum Gasteiger partial charge on any atom is -0.497 e. The smallest absolute Gasteiger partial charge is 0.119 e. The third kappa shape index (κ3) is 4.26. The summed E-state index contributed by atoms with van der Waals surface area (Å²) >= 11 is 0. The molecule has 3 aliphatic rings. The standard InChI is InChI=1S/C28H31NO2/c1-30-25-14-8-9-21(19-25)20-31-28-24-15-17-29(18-16-24)27(28)26(22-10-4-2-5-11-22)23-12-6-3-7-13-23/h2-14,19,24,26-28H,15-18,20H2,1H3/t27-,28-/m1/s1. The van der Waals surface area contributed by atoms with Gasteiger partial charge in [-0.3, -0.25) is 4.90 Å². The Morgan fingerprint density at radius 2 is 1.48 bits per heavy atom. The maximum Gasteiger partial charge on any atom is 0.119 e. The van der Waals surface area contributed by atoms with Crippen LogP contribution < -0.4 is 4.74 Å². The summed E-state index contributed by atoms with van der Waals surface area (Å²) in [5, 5.41) is 0. The van der Waals surface area contributed by atoms with E-state index in [1.165, 1.54) is 42.6 Å². The molecule has 3 aromatic rings. The second-order valence-corrected chi connectivity index (χ2v) is 8.79. The number of ether oxygens (including phenoxy) is 2. The average Bonchev–Trinajstić information content (AvgIpc) is 2.85. The van der Waals surface area contributed by atoms with E-state index in [-0.39, 0.29) is 6.10 Å². The second kappa shape index (κ2) is 9.25. The molecule has 3 nitrogen and oxygen atoms in total. The van der Waals surface area contributed by atoms with Crippen LogP contribution in [0.4, 0.5) is 0 Å². The molecule has 3 heteroatoms. The van der Waals surface area contributed by atoms with Crippen molar-refractivity contribution in [2.75, 3.05) is 20.2 Å². The van der Waals surface area contributed by atoms with E-state index in [1.54, 1.807) is 7.11 Å². The molecule has 2 bridgehead atoms. The number of hydrogen-bond acceptors (Lipinski definition) is 3. The summed E-state index contributed by atoms with van der Waals surface area (Å²) in [5.74, 6) is 1.81. The Kier molecular flexibility index (Phi) is 6.06. The Morgan fingerprint density at radius 1 is 0.839 bits per heavy atom. The Balaban J connectivity index is 1.47. The summed E-state index contributed by atoms with van der Waals surface area (Å²) in [4.78, 5) is 2.68. The van der Waals surface area contributed by atoms with Crippen molar-refractivity contribution in [3.8, 4) is 5.75 Å². The summed E-state index contributed by atoms with van der Waals surface area (Å²) in [5.41, 5.74) is 3.92. The SMILES string of the molecule is COc1cccc(CO[C@@H]2C3CCN(CC3)[C@@H]2C(c2ccccc2)c2ccccc2)c1. The van der Waals surface area contributed by atoms with Crippen LogP contribution in [-0.2, 0) is 11.3 Å². The lowest BCUT2D eigenvalue weighted by Crippen LogP contribution is -2.60. The molecular weight excluding hydrogens is 382 g/mol. The van der Waals surface area contributed by atoms with E-state index in [9.17, 15) is 0 Å². The van der Waals surface area contributed by atoms with Crippen molar-refractivity contribution in [2.45, 2.75) is 37.5 Å². The summed E-state index contributed by atoms with van der Waals surface area (Å²) in [6, 6.07) is 30.6. The van der Waals surface area contributed by atoms with Gasteiger partial charge in [-0.1, -0.05) is 72.8 Å². The van der Waals surface area contributed by atoms with Gasteiger partial charge in [0.2, 0.25) is 0 Å². The van der Waals surface area contributed by atoms with Gasteiger partial charge in [-0.2, -0.15) is 0 Å². The van der Waals surface area contributed by atoms with Crippen molar-refractivity contribution in [2.24, 2.45) is 5.92 Å². The molecule has 0 aromatic heterocycles. The fraction of sp³-hybridized carbons (Fsp3) is 0.357. The molecule has 31 heavy (non-hydrogen) atoms. The van der Waals surface area contributed by atoms with Crippen molar-refractivity contribution >= 4 is 0 Å². The zero-order chi connectivity index (χ0) is 21.0. The fourth-order valence-corrected chi connectivity index (χ4v) is 5.53. The maximum absolute atomic E-state index is 6.74. The maximum atomic E-state index is 6.74. The van der Waals surface area contributed by atoms with Crippen molar-refractivity contribution in [3.63, 3.8) is 0 Å². The number of benzene rings is 3. The molecule has 0 radical (unpaired) electrons. The number of hydrogen-bond donors (Lipinski definition) is 0. The zero-order valence-corrected chi connectivity index (χ0v) is 18.2. The minimum atomic E-state index is 0.221. The monoisotopic (exact) mass is 413 g/mol. The van der Waals surface area contributed by atoms with Crippen LogP contribution in [0.2, 0.25) is 0 Å². The van der Waals surface area contributed by atoms with E-state index >= 15 is 0 Å². The van der Waals surface area contributed by atoms with Gasteiger partial charge in [0.05, 0.1) is 19.8 Å². The van der Waals surface area contributed by atoms with Crippen LogP contribution >= 0.6 is 0 Å². The highest BCUT2D eigenvalue weighted by atomic mass is 16.5. The molecule has 160 valence electrons. The van der Waals surface area contributed by atoms with Gasteiger partial charge < -0.3 is 9.47 Å². The minimum absolute atomic E-state index is 0.221. The summed E-state index contributed by atoms with van der Waals surface area (Å²) in [6.45, 7) is 2.97. The highest BCUT2D eigenvalue weighted by Gasteiger charge is 2.47. The van der Waals surface area contributed by atoms with E-state index in [0.29, 0.717) is 24.5 Å². The van der Waals surface area contributed by atoms with Crippen molar-refractivity contribution < 1.29 is 9.47 Å². The fourth-order valence-electron chi connectivity index (χ4n) is 5.53. The zero-order valence-electron chi connectivity index (χ0n) is 18.2. The van der Waals surface area contributed by atoms with Gasteiger partial charge in [0, 0.05) is 12.0 Å².